The number of hydrogen-bond donors (Lipinski definition) is 1. The summed E-state index contributed by atoms with van der Waals surface area (Å²) < 4.78 is 0. The molecule has 6 heteroatoms. The zero-order valence-corrected chi connectivity index (χ0v) is 16.0. The number of thiophene rings is 1. The Morgan fingerprint density at radius 2 is 2.08 bits per heavy atom. The molecular weight excluding hydrogens is 364 g/mol. The lowest BCUT2D eigenvalue weighted by atomic mass is 9.86. The van der Waals surface area contributed by atoms with Crippen molar-refractivity contribution in [3.63, 3.8) is 0 Å². The standard InChI is InChI=1S/C20H18N2O2S2/c1-12-21-17(10-25-12)18-6-14(9-26-18)19(24)22-8-13-2-3-15(23)7-16(13)20(11-22)4-5-20/h2-3,6-7,9-10,23H,4-5,8,11H2,1H3. The van der Waals surface area contributed by atoms with E-state index < -0.39 is 0 Å². The van der Waals surface area contributed by atoms with E-state index in [1.165, 1.54) is 5.56 Å². The van der Waals surface area contributed by atoms with E-state index in [0.29, 0.717) is 12.3 Å². The predicted octanol–water partition coefficient (Wildman–Crippen LogP) is 4.57. The van der Waals surface area contributed by atoms with Crippen LogP contribution in [-0.2, 0) is 12.0 Å². The van der Waals surface area contributed by atoms with E-state index >= 15 is 0 Å². The first kappa shape index (κ1) is 16.0. The van der Waals surface area contributed by atoms with E-state index in [4.69, 9.17) is 0 Å². The summed E-state index contributed by atoms with van der Waals surface area (Å²) in [7, 11) is 0. The number of thiazole rings is 1. The second-order valence-electron chi connectivity index (χ2n) is 7.23. The molecule has 2 aromatic heterocycles. The van der Waals surface area contributed by atoms with Gasteiger partial charge in [-0.25, -0.2) is 4.98 Å². The first-order valence-electron chi connectivity index (χ1n) is 8.67. The number of phenols is 1. The lowest BCUT2D eigenvalue weighted by molar-refractivity contribution is 0.0710. The van der Waals surface area contributed by atoms with Gasteiger partial charge >= 0.3 is 0 Å². The SMILES string of the molecule is Cc1nc(-c2cc(C(=O)N3Cc4ccc(O)cc4C4(CC4)C3)cs2)cs1. The average Bonchev–Trinajstić information content (AvgIpc) is 3.04. The van der Waals surface area contributed by atoms with E-state index in [1.54, 1.807) is 28.7 Å². The molecule has 0 radical (unpaired) electrons. The van der Waals surface area contributed by atoms with Gasteiger partial charge in [0.2, 0.25) is 0 Å². The van der Waals surface area contributed by atoms with Crippen molar-refractivity contribution in [2.45, 2.75) is 31.7 Å². The summed E-state index contributed by atoms with van der Waals surface area (Å²) in [5.74, 6) is 0.403. The Morgan fingerprint density at radius 3 is 2.81 bits per heavy atom. The second kappa shape index (κ2) is 5.66. The molecule has 0 unspecified atom stereocenters. The highest BCUT2D eigenvalue weighted by molar-refractivity contribution is 7.14. The number of phenolic OH excluding ortho intramolecular Hbond substituents is 1. The summed E-state index contributed by atoms with van der Waals surface area (Å²) in [5.41, 5.74) is 4.13. The zero-order chi connectivity index (χ0) is 17.9. The summed E-state index contributed by atoms with van der Waals surface area (Å²) >= 11 is 3.20. The molecule has 0 atom stereocenters. The van der Waals surface area contributed by atoms with Gasteiger partial charge in [0.15, 0.2) is 0 Å². The Bertz CT molecular complexity index is 1020. The number of carbonyl (C=O) groups is 1. The molecule has 2 aliphatic rings. The fraction of sp³-hybridized carbons (Fsp3) is 0.300. The summed E-state index contributed by atoms with van der Waals surface area (Å²) in [6.45, 7) is 3.34. The molecule has 1 N–H and O–H groups in total. The highest BCUT2D eigenvalue weighted by atomic mass is 32.1. The maximum Gasteiger partial charge on any atom is 0.255 e. The number of fused-ring (bicyclic) bond motifs is 2. The van der Waals surface area contributed by atoms with Crippen LogP contribution in [0.4, 0.5) is 0 Å². The van der Waals surface area contributed by atoms with Gasteiger partial charge in [0, 0.05) is 29.3 Å². The van der Waals surface area contributed by atoms with Crippen LogP contribution in [-0.4, -0.2) is 27.4 Å². The minimum absolute atomic E-state index is 0.0485. The minimum Gasteiger partial charge on any atom is -0.508 e. The molecule has 1 saturated carbocycles. The molecule has 1 fully saturated rings. The molecule has 1 aliphatic carbocycles. The Balaban J connectivity index is 1.43. The second-order valence-corrected chi connectivity index (χ2v) is 9.21. The lowest BCUT2D eigenvalue weighted by Gasteiger charge is -2.35. The Morgan fingerprint density at radius 1 is 1.23 bits per heavy atom. The van der Waals surface area contributed by atoms with Crippen LogP contribution in [0.1, 0.15) is 39.3 Å². The maximum atomic E-state index is 13.1. The summed E-state index contributed by atoms with van der Waals surface area (Å²) in [6, 6.07) is 7.53. The molecule has 3 heterocycles. The molecule has 0 saturated heterocycles. The van der Waals surface area contributed by atoms with Crippen molar-refractivity contribution in [2.75, 3.05) is 6.54 Å². The molecular formula is C20H18N2O2S2. The Hall–Kier alpha value is -2.18. The van der Waals surface area contributed by atoms with Crippen LogP contribution >= 0.6 is 22.7 Å². The fourth-order valence-electron chi connectivity index (χ4n) is 3.87. The minimum atomic E-state index is 0.0485. The van der Waals surface area contributed by atoms with Crippen molar-refractivity contribution in [3.8, 4) is 16.3 Å². The van der Waals surface area contributed by atoms with Crippen molar-refractivity contribution in [1.29, 1.82) is 0 Å². The summed E-state index contributed by atoms with van der Waals surface area (Å²) in [6.07, 6.45) is 2.17. The van der Waals surface area contributed by atoms with Gasteiger partial charge in [0.05, 0.1) is 21.1 Å². The third-order valence-corrected chi connectivity index (χ3v) is 7.10. The number of nitrogens with zero attached hydrogens (tertiary/aromatic N) is 2. The van der Waals surface area contributed by atoms with Gasteiger partial charge in [-0.1, -0.05) is 6.07 Å². The van der Waals surface area contributed by atoms with Crippen LogP contribution < -0.4 is 0 Å². The summed E-state index contributed by atoms with van der Waals surface area (Å²) in [4.78, 5) is 20.6. The Kier molecular flexibility index (Phi) is 3.49. The normalized spacial score (nSPS) is 17.3. The molecule has 0 bridgehead atoms. The van der Waals surface area contributed by atoms with E-state index in [9.17, 15) is 9.90 Å². The number of aromatic nitrogens is 1. The third kappa shape index (κ3) is 2.56. The van der Waals surface area contributed by atoms with Crippen molar-refractivity contribution in [3.05, 3.63) is 56.7 Å². The van der Waals surface area contributed by atoms with E-state index in [-0.39, 0.29) is 11.3 Å². The highest BCUT2D eigenvalue weighted by Gasteiger charge is 2.50. The molecule has 132 valence electrons. The fourth-order valence-corrected chi connectivity index (χ4v) is 5.40. The number of aromatic hydroxyl groups is 1. The molecule has 1 aromatic carbocycles. The molecule has 3 aromatic rings. The van der Waals surface area contributed by atoms with Crippen LogP contribution in [0.3, 0.4) is 0 Å². The van der Waals surface area contributed by atoms with Crippen molar-refractivity contribution in [2.24, 2.45) is 0 Å². The molecule has 1 aliphatic heterocycles. The van der Waals surface area contributed by atoms with Gasteiger partial charge in [-0.05, 0) is 49.1 Å². The number of benzene rings is 1. The first-order valence-corrected chi connectivity index (χ1v) is 10.4. The smallest absolute Gasteiger partial charge is 0.255 e. The van der Waals surface area contributed by atoms with Crippen molar-refractivity contribution in [1.82, 2.24) is 9.88 Å². The van der Waals surface area contributed by atoms with Crippen LogP contribution in [0.2, 0.25) is 0 Å². The van der Waals surface area contributed by atoms with Crippen LogP contribution in [0.5, 0.6) is 5.75 Å². The van der Waals surface area contributed by atoms with Gasteiger partial charge in [0.1, 0.15) is 5.75 Å². The molecule has 4 nitrogen and oxygen atoms in total. The maximum absolute atomic E-state index is 13.1. The average molecular weight is 383 g/mol. The highest BCUT2D eigenvalue weighted by Crippen LogP contribution is 2.53. The topological polar surface area (TPSA) is 53.4 Å². The van der Waals surface area contributed by atoms with E-state index in [1.807, 2.05) is 40.8 Å². The van der Waals surface area contributed by atoms with Gasteiger partial charge in [-0.15, -0.1) is 22.7 Å². The molecule has 1 spiro atoms. The van der Waals surface area contributed by atoms with Crippen LogP contribution in [0.25, 0.3) is 10.6 Å². The van der Waals surface area contributed by atoms with Crippen LogP contribution in [0.15, 0.2) is 35.0 Å². The quantitative estimate of drug-likeness (QED) is 0.706. The first-order chi connectivity index (χ1) is 12.5. The molecule has 26 heavy (non-hydrogen) atoms. The zero-order valence-electron chi connectivity index (χ0n) is 14.4. The lowest BCUT2D eigenvalue weighted by Crippen LogP contribution is -2.41. The van der Waals surface area contributed by atoms with Crippen molar-refractivity contribution >= 4 is 28.6 Å². The van der Waals surface area contributed by atoms with Gasteiger partial charge < -0.3 is 10.0 Å². The third-order valence-electron chi connectivity index (χ3n) is 5.38. The number of carbonyl (C=O) groups excluding carboxylic acids is 1. The van der Waals surface area contributed by atoms with Gasteiger partial charge in [-0.3, -0.25) is 4.79 Å². The number of aryl methyl sites for hydroxylation is 1. The van der Waals surface area contributed by atoms with E-state index in [2.05, 4.69) is 4.98 Å². The summed E-state index contributed by atoms with van der Waals surface area (Å²) in [5, 5.41) is 14.8. The van der Waals surface area contributed by atoms with Gasteiger partial charge in [0.25, 0.3) is 5.91 Å². The predicted molar refractivity (Wildman–Crippen MR) is 104 cm³/mol. The largest absolute Gasteiger partial charge is 0.508 e. The number of amides is 1. The monoisotopic (exact) mass is 382 g/mol. The van der Waals surface area contributed by atoms with Gasteiger partial charge in [-0.2, -0.15) is 0 Å². The Labute approximate surface area is 159 Å². The molecule has 1 amide bonds. The van der Waals surface area contributed by atoms with Crippen LogP contribution in [0, 0.1) is 6.92 Å². The molecule has 5 rings (SSSR count). The number of hydrogen-bond acceptors (Lipinski definition) is 5. The number of rotatable bonds is 2. The van der Waals surface area contributed by atoms with E-state index in [0.717, 1.165) is 46.1 Å². The van der Waals surface area contributed by atoms with Crippen molar-refractivity contribution < 1.29 is 9.90 Å².